The number of halogens is 2. The van der Waals surface area contributed by atoms with Crippen LogP contribution in [0.15, 0.2) is 17.0 Å². The summed E-state index contributed by atoms with van der Waals surface area (Å²) in [7, 11) is -4.01. The van der Waals surface area contributed by atoms with E-state index in [0.29, 0.717) is 25.9 Å². The van der Waals surface area contributed by atoms with Crippen LogP contribution in [0.25, 0.3) is 0 Å². The minimum atomic E-state index is -4.01. The van der Waals surface area contributed by atoms with Crippen LogP contribution in [0.1, 0.15) is 19.8 Å². The third kappa shape index (κ3) is 4.16. The number of hydrogen-bond acceptors (Lipinski definition) is 4. The molecule has 22 heavy (non-hydrogen) atoms. The third-order valence-electron chi connectivity index (χ3n) is 3.28. The van der Waals surface area contributed by atoms with Crippen LogP contribution in [0.5, 0.6) is 0 Å². The van der Waals surface area contributed by atoms with Gasteiger partial charge in [-0.05, 0) is 32.0 Å². The van der Waals surface area contributed by atoms with E-state index >= 15 is 0 Å². The van der Waals surface area contributed by atoms with Gasteiger partial charge in [-0.1, -0.05) is 11.6 Å². The molecule has 122 valence electrons. The number of carbonyl (C=O) groups is 1. The first kappa shape index (κ1) is 17.1. The van der Waals surface area contributed by atoms with Crippen LogP contribution < -0.4 is 15.4 Å². The monoisotopic (exact) mass is 349 g/mol. The van der Waals surface area contributed by atoms with Crippen molar-refractivity contribution in [3.05, 3.63) is 23.0 Å². The van der Waals surface area contributed by atoms with E-state index in [0.717, 1.165) is 12.1 Å². The van der Waals surface area contributed by atoms with E-state index < -0.39 is 26.6 Å². The molecule has 1 saturated heterocycles. The molecule has 0 aromatic heterocycles. The smallest absolute Gasteiger partial charge is 0.243 e. The fraction of sp³-hybridized carbons (Fsp3) is 0.462. The zero-order valence-electron chi connectivity index (χ0n) is 11.9. The first-order valence-electron chi connectivity index (χ1n) is 6.79. The number of hydrogen-bond donors (Lipinski definition) is 3. The molecule has 0 spiro atoms. The van der Waals surface area contributed by atoms with Crippen LogP contribution in [0, 0.1) is 5.82 Å². The Morgan fingerprint density at radius 3 is 2.59 bits per heavy atom. The van der Waals surface area contributed by atoms with Gasteiger partial charge in [-0.2, -0.15) is 0 Å². The van der Waals surface area contributed by atoms with Gasteiger partial charge in [0.15, 0.2) is 0 Å². The number of amides is 1. The van der Waals surface area contributed by atoms with Gasteiger partial charge in [-0.3, -0.25) is 4.79 Å². The molecule has 1 heterocycles. The Morgan fingerprint density at radius 1 is 1.36 bits per heavy atom. The normalized spacial score (nSPS) is 16.5. The van der Waals surface area contributed by atoms with Crippen molar-refractivity contribution >= 4 is 33.2 Å². The average molecular weight is 350 g/mol. The molecule has 0 bridgehead atoms. The lowest BCUT2D eigenvalue weighted by Crippen LogP contribution is -2.42. The fourth-order valence-electron chi connectivity index (χ4n) is 2.24. The summed E-state index contributed by atoms with van der Waals surface area (Å²) in [5.74, 6) is -1.39. The molecule has 1 aromatic carbocycles. The first-order chi connectivity index (χ1) is 10.3. The Balaban J connectivity index is 2.26. The summed E-state index contributed by atoms with van der Waals surface area (Å²) in [6.45, 7) is 2.66. The van der Waals surface area contributed by atoms with Crippen LogP contribution >= 0.6 is 11.6 Å². The van der Waals surface area contributed by atoms with Crippen LogP contribution in [-0.2, 0) is 14.8 Å². The van der Waals surface area contributed by atoms with Gasteiger partial charge in [0.1, 0.15) is 10.7 Å². The van der Waals surface area contributed by atoms with Gasteiger partial charge in [0.2, 0.25) is 15.9 Å². The number of carbonyl (C=O) groups excluding carboxylic acids is 1. The molecule has 0 atom stereocenters. The molecule has 1 aromatic rings. The Bertz CT molecular complexity index is 675. The summed E-state index contributed by atoms with van der Waals surface area (Å²) >= 11 is 5.91. The van der Waals surface area contributed by atoms with Crippen molar-refractivity contribution in [1.82, 2.24) is 10.0 Å². The second-order valence-electron chi connectivity index (χ2n) is 5.09. The molecular weight excluding hydrogens is 333 g/mol. The summed E-state index contributed by atoms with van der Waals surface area (Å²) < 4.78 is 41.2. The Morgan fingerprint density at radius 2 is 2.00 bits per heavy atom. The minimum absolute atomic E-state index is 0.0347. The quantitative estimate of drug-likeness (QED) is 0.768. The summed E-state index contributed by atoms with van der Waals surface area (Å²) in [5.41, 5.74) is 0.0347. The predicted molar refractivity (Wildman–Crippen MR) is 81.9 cm³/mol. The molecule has 2 rings (SSSR count). The van der Waals surface area contributed by atoms with Gasteiger partial charge in [0.05, 0.1) is 10.7 Å². The predicted octanol–water partition coefficient (Wildman–Crippen LogP) is 1.47. The fourth-order valence-corrected chi connectivity index (χ4v) is 3.91. The topological polar surface area (TPSA) is 87.3 Å². The van der Waals surface area contributed by atoms with Gasteiger partial charge in [-0.15, -0.1) is 0 Å². The summed E-state index contributed by atoms with van der Waals surface area (Å²) in [5, 5.41) is 5.42. The number of rotatable bonds is 4. The van der Waals surface area contributed by atoms with Crippen LogP contribution in [0.4, 0.5) is 10.1 Å². The van der Waals surface area contributed by atoms with Gasteiger partial charge in [0, 0.05) is 19.0 Å². The average Bonchev–Trinajstić information content (AvgIpc) is 2.42. The third-order valence-corrected chi connectivity index (χ3v) is 5.13. The maximum absolute atomic E-state index is 14.1. The molecule has 6 nitrogen and oxygen atoms in total. The standard InChI is InChI=1S/C13H17ClFN3O3S/c1-8(19)17-12-7-11(15)13(6-10(12)14)22(20,21)18-9-2-4-16-5-3-9/h6-7,9,16,18H,2-5H2,1H3,(H,17,19). The van der Waals surface area contributed by atoms with Gasteiger partial charge in [-0.25, -0.2) is 17.5 Å². The highest BCUT2D eigenvalue weighted by atomic mass is 35.5. The summed E-state index contributed by atoms with van der Waals surface area (Å²) in [4.78, 5) is 10.5. The highest BCUT2D eigenvalue weighted by Gasteiger charge is 2.25. The van der Waals surface area contributed by atoms with Gasteiger partial charge in [0.25, 0.3) is 0 Å². The van der Waals surface area contributed by atoms with E-state index in [1.54, 1.807) is 0 Å². The highest BCUT2D eigenvalue weighted by molar-refractivity contribution is 7.89. The van der Waals surface area contributed by atoms with E-state index in [1.807, 2.05) is 0 Å². The number of piperidine rings is 1. The number of benzene rings is 1. The highest BCUT2D eigenvalue weighted by Crippen LogP contribution is 2.28. The summed E-state index contributed by atoms with van der Waals surface area (Å²) in [6, 6.07) is 1.67. The molecule has 1 fully saturated rings. The Labute approximate surface area is 133 Å². The zero-order valence-corrected chi connectivity index (χ0v) is 13.5. The molecule has 0 saturated carbocycles. The van der Waals surface area contributed by atoms with Crippen molar-refractivity contribution in [2.45, 2.75) is 30.7 Å². The first-order valence-corrected chi connectivity index (χ1v) is 8.65. The van der Waals surface area contributed by atoms with E-state index in [2.05, 4.69) is 15.4 Å². The molecule has 0 aliphatic carbocycles. The van der Waals surface area contributed by atoms with Crippen molar-refractivity contribution in [3.8, 4) is 0 Å². The lowest BCUT2D eigenvalue weighted by Gasteiger charge is -2.23. The van der Waals surface area contributed by atoms with Crippen molar-refractivity contribution in [3.63, 3.8) is 0 Å². The van der Waals surface area contributed by atoms with Crippen LogP contribution in [0.3, 0.4) is 0 Å². The van der Waals surface area contributed by atoms with E-state index in [9.17, 15) is 17.6 Å². The second kappa shape index (κ2) is 6.91. The van der Waals surface area contributed by atoms with Gasteiger partial charge < -0.3 is 10.6 Å². The molecule has 1 amide bonds. The molecule has 9 heteroatoms. The van der Waals surface area contributed by atoms with Crippen molar-refractivity contribution in [1.29, 1.82) is 0 Å². The SMILES string of the molecule is CC(=O)Nc1cc(F)c(S(=O)(=O)NC2CCNCC2)cc1Cl. The molecule has 1 aliphatic heterocycles. The van der Waals surface area contributed by atoms with E-state index in [4.69, 9.17) is 11.6 Å². The number of sulfonamides is 1. The van der Waals surface area contributed by atoms with E-state index in [1.165, 1.54) is 6.92 Å². The number of anilines is 1. The van der Waals surface area contributed by atoms with Crippen molar-refractivity contribution in [2.24, 2.45) is 0 Å². The largest absolute Gasteiger partial charge is 0.325 e. The van der Waals surface area contributed by atoms with Gasteiger partial charge >= 0.3 is 0 Å². The minimum Gasteiger partial charge on any atom is -0.325 e. The maximum atomic E-state index is 14.1. The molecular formula is C13H17ClFN3O3S. The molecule has 1 aliphatic rings. The molecule has 0 unspecified atom stereocenters. The zero-order chi connectivity index (χ0) is 16.3. The Hall–Kier alpha value is -1.22. The second-order valence-corrected chi connectivity index (χ2v) is 7.18. The van der Waals surface area contributed by atoms with Crippen LogP contribution in [0.2, 0.25) is 5.02 Å². The summed E-state index contributed by atoms with van der Waals surface area (Å²) in [6.07, 6.45) is 1.27. The maximum Gasteiger partial charge on any atom is 0.243 e. The lowest BCUT2D eigenvalue weighted by molar-refractivity contribution is -0.114. The molecule has 0 radical (unpaired) electrons. The van der Waals surface area contributed by atoms with Crippen molar-refractivity contribution < 1.29 is 17.6 Å². The van der Waals surface area contributed by atoms with E-state index in [-0.39, 0.29) is 16.8 Å². The number of nitrogens with one attached hydrogen (secondary N) is 3. The van der Waals surface area contributed by atoms with Crippen molar-refractivity contribution in [2.75, 3.05) is 18.4 Å². The van der Waals surface area contributed by atoms with Crippen LogP contribution in [-0.4, -0.2) is 33.5 Å². The lowest BCUT2D eigenvalue weighted by atomic mass is 10.1. The molecule has 3 N–H and O–H groups in total. The Kier molecular flexibility index (Phi) is 5.38.